The Balaban J connectivity index is 1.80. The number of rotatable bonds is 5. The number of anilines is 1. The molecule has 0 radical (unpaired) electrons. The summed E-state index contributed by atoms with van der Waals surface area (Å²) in [6, 6.07) is 12.5. The molecular formula is C18H20ClNO. The van der Waals surface area contributed by atoms with Crippen molar-refractivity contribution in [3.05, 3.63) is 58.1 Å². The first-order chi connectivity index (χ1) is 10.3. The Hall–Kier alpha value is -1.67. The van der Waals surface area contributed by atoms with Crippen LogP contribution < -0.4 is 10.1 Å². The number of hydrogen-bond acceptors (Lipinski definition) is 2. The molecule has 2 nitrogen and oxygen atoms in total. The number of nitrogens with one attached hydrogen (secondary N) is 1. The van der Waals surface area contributed by atoms with Gasteiger partial charge in [0.15, 0.2) is 0 Å². The molecule has 1 aliphatic rings. The minimum absolute atomic E-state index is 0.740. The molecule has 1 aliphatic heterocycles. The van der Waals surface area contributed by atoms with E-state index in [2.05, 4.69) is 36.5 Å². The fourth-order valence-electron chi connectivity index (χ4n) is 2.85. The van der Waals surface area contributed by atoms with E-state index in [1.807, 2.05) is 12.1 Å². The van der Waals surface area contributed by atoms with Crippen LogP contribution in [0.2, 0.25) is 5.02 Å². The molecule has 1 heterocycles. The van der Waals surface area contributed by atoms with E-state index in [-0.39, 0.29) is 0 Å². The Bertz CT molecular complexity index is 639. The molecule has 0 amide bonds. The van der Waals surface area contributed by atoms with Crippen LogP contribution in [0.5, 0.6) is 5.75 Å². The van der Waals surface area contributed by atoms with Crippen molar-refractivity contribution in [2.45, 2.75) is 32.7 Å². The first-order valence-corrected chi connectivity index (χ1v) is 7.91. The minimum Gasteiger partial charge on any atom is -0.493 e. The zero-order valence-corrected chi connectivity index (χ0v) is 13.0. The molecule has 0 spiro atoms. The molecule has 2 aromatic rings. The first-order valence-electron chi connectivity index (χ1n) is 7.54. The van der Waals surface area contributed by atoms with Crippen LogP contribution in [0.1, 0.15) is 30.0 Å². The number of para-hydroxylation sites is 1. The van der Waals surface area contributed by atoms with E-state index in [1.54, 1.807) is 0 Å². The lowest BCUT2D eigenvalue weighted by atomic mass is 10.1. The van der Waals surface area contributed by atoms with Gasteiger partial charge in [0.25, 0.3) is 0 Å². The number of ether oxygens (including phenoxy) is 1. The molecule has 0 saturated carbocycles. The third kappa shape index (κ3) is 3.16. The van der Waals surface area contributed by atoms with Gasteiger partial charge in [0.05, 0.1) is 6.61 Å². The van der Waals surface area contributed by atoms with Crippen LogP contribution in [0.4, 0.5) is 5.69 Å². The number of fused-ring (bicyclic) bond motifs is 1. The van der Waals surface area contributed by atoms with Gasteiger partial charge < -0.3 is 10.1 Å². The quantitative estimate of drug-likeness (QED) is 0.853. The fourth-order valence-corrected chi connectivity index (χ4v) is 3.11. The predicted molar refractivity (Wildman–Crippen MR) is 88.4 cm³/mol. The van der Waals surface area contributed by atoms with Gasteiger partial charge in [-0.1, -0.05) is 43.1 Å². The van der Waals surface area contributed by atoms with E-state index in [9.17, 15) is 0 Å². The second-order valence-corrected chi connectivity index (χ2v) is 5.85. The highest BCUT2D eigenvalue weighted by Crippen LogP contribution is 2.33. The Kier molecular flexibility index (Phi) is 4.35. The molecule has 1 N–H and O–H groups in total. The molecule has 0 saturated heterocycles. The molecule has 21 heavy (non-hydrogen) atoms. The topological polar surface area (TPSA) is 21.3 Å². The monoisotopic (exact) mass is 301 g/mol. The Morgan fingerprint density at radius 2 is 2.05 bits per heavy atom. The maximum absolute atomic E-state index is 6.21. The Labute approximate surface area is 131 Å². The minimum atomic E-state index is 0.740. The second kappa shape index (κ2) is 6.40. The van der Waals surface area contributed by atoms with Crippen molar-refractivity contribution in [1.82, 2.24) is 0 Å². The van der Waals surface area contributed by atoms with Gasteiger partial charge in [-0.3, -0.25) is 0 Å². The molecule has 0 unspecified atom stereocenters. The average molecular weight is 302 g/mol. The highest BCUT2D eigenvalue weighted by atomic mass is 35.5. The fraction of sp³-hybridized carbons (Fsp3) is 0.333. The summed E-state index contributed by atoms with van der Waals surface area (Å²) < 4.78 is 5.75. The summed E-state index contributed by atoms with van der Waals surface area (Å²) in [5, 5.41) is 4.32. The maximum Gasteiger partial charge on any atom is 0.127 e. The smallest absolute Gasteiger partial charge is 0.127 e. The second-order valence-electron chi connectivity index (χ2n) is 5.41. The highest BCUT2D eigenvalue weighted by Gasteiger charge is 2.17. The van der Waals surface area contributed by atoms with Crippen molar-refractivity contribution in [2.75, 3.05) is 11.9 Å². The molecule has 0 atom stereocenters. The zero-order chi connectivity index (χ0) is 14.7. The van der Waals surface area contributed by atoms with Crippen LogP contribution in [0, 0.1) is 0 Å². The summed E-state index contributed by atoms with van der Waals surface area (Å²) in [7, 11) is 0. The summed E-state index contributed by atoms with van der Waals surface area (Å²) in [6.07, 6.45) is 3.19. The standard InChI is InChI=1S/C18H20ClNO/c1-2-5-13-6-3-4-7-17(13)20-12-15-11-16(19)10-14-8-9-21-18(14)15/h3-4,6-7,10-11,20H,2,5,8-9,12H2,1H3. The van der Waals surface area contributed by atoms with Gasteiger partial charge in [0, 0.05) is 29.2 Å². The van der Waals surface area contributed by atoms with Crippen LogP contribution >= 0.6 is 11.6 Å². The van der Waals surface area contributed by atoms with Gasteiger partial charge in [-0.05, 0) is 35.7 Å². The van der Waals surface area contributed by atoms with Crippen molar-refractivity contribution < 1.29 is 4.74 Å². The van der Waals surface area contributed by atoms with E-state index >= 15 is 0 Å². The van der Waals surface area contributed by atoms with E-state index < -0.39 is 0 Å². The molecule has 110 valence electrons. The Morgan fingerprint density at radius 3 is 2.90 bits per heavy atom. The van der Waals surface area contributed by atoms with Gasteiger partial charge in [0.2, 0.25) is 0 Å². The lowest BCUT2D eigenvalue weighted by Gasteiger charge is -2.14. The van der Waals surface area contributed by atoms with Gasteiger partial charge in [-0.25, -0.2) is 0 Å². The SMILES string of the molecule is CCCc1ccccc1NCc1cc(Cl)cc2c1OCC2. The summed E-state index contributed by atoms with van der Waals surface area (Å²) in [5.41, 5.74) is 4.92. The molecule has 0 fully saturated rings. The van der Waals surface area contributed by atoms with Crippen LogP contribution in [-0.4, -0.2) is 6.61 Å². The van der Waals surface area contributed by atoms with Gasteiger partial charge in [-0.15, -0.1) is 0 Å². The van der Waals surface area contributed by atoms with Gasteiger partial charge >= 0.3 is 0 Å². The lowest BCUT2D eigenvalue weighted by Crippen LogP contribution is -2.04. The van der Waals surface area contributed by atoms with E-state index in [0.717, 1.165) is 48.7 Å². The van der Waals surface area contributed by atoms with Crippen molar-refractivity contribution in [3.63, 3.8) is 0 Å². The summed E-state index contributed by atoms with van der Waals surface area (Å²) in [6.45, 7) is 3.70. The van der Waals surface area contributed by atoms with Crippen molar-refractivity contribution >= 4 is 17.3 Å². The normalized spacial score (nSPS) is 12.9. The summed E-state index contributed by atoms with van der Waals surface area (Å²) in [5.74, 6) is 1.01. The third-order valence-electron chi connectivity index (χ3n) is 3.83. The van der Waals surface area contributed by atoms with Crippen LogP contribution in [0.3, 0.4) is 0 Å². The molecular weight excluding hydrogens is 282 g/mol. The van der Waals surface area contributed by atoms with Crippen LogP contribution in [0.15, 0.2) is 36.4 Å². The van der Waals surface area contributed by atoms with Crippen molar-refractivity contribution in [2.24, 2.45) is 0 Å². The van der Waals surface area contributed by atoms with E-state index in [4.69, 9.17) is 16.3 Å². The largest absolute Gasteiger partial charge is 0.493 e. The van der Waals surface area contributed by atoms with Gasteiger partial charge in [0.1, 0.15) is 5.75 Å². The number of aryl methyl sites for hydroxylation is 1. The number of benzene rings is 2. The summed E-state index contributed by atoms with van der Waals surface area (Å²) >= 11 is 6.21. The molecule has 2 aromatic carbocycles. The van der Waals surface area contributed by atoms with Crippen LogP contribution in [-0.2, 0) is 19.4 Å². The molecule has 3 rings (SSSR count). The highest BCUT2D eigenvalue weighted by molar-refractivity contribution is 6.30. The average Bonchev–Trinajstić information content (AvgIpc) is 2.94. The zero-order valence-electron chi connectivity index (χ0n) is 12.3. The summed E-state index contributed by atoms with van der Waals surface area (Å²) in [4.78, 5) is 0. The maximum atomic E-state index is 6.21. The molecule has 0 aliphatic carbocycles. The predicted octanol–water partition coefficient (Wildman–Crippen LogP) is 4.84. The molecule has 3 heteroatoms. The molecule has 0 aromatic heterocycles. The lowest BCUT2D eigenvalue weighted by molar-refractivity contribution is 0.354. The van der Waals surface area contributed by atoms with Crippen molar-refractivity contribution in [3.8, 4) is 5.75 Å². The first kappa shape index (κ1) is 14.3. The number of hydrogen-bond donors (Lipinski definition) is 1. The van der Waals surface area contributed by atoms with E-state index in [0.29, 0.717) is 0 Å². The van der Waals surface area contributed by atoms with E-state index in [1.165, 1.54) is 16.8 Å². The Morgan fingerprint density at radius 1 is 1.19 bits per heavy atom. The van der Waals surface area contributed by atoms with Gasteiger partial charge in [-0.2, -0.15) is 0 Å². The third-order valence-corrected chi connectivity index (χ3v) is 4.05. The molecule has 0 bridgehead atoms. The number of halogens is 1. The van der Waals surface area contributed by atoms with Crippen molar-refractivity contribution in [1.29, 1.82) is 0 Å². The van der Waals surface area contributed by atoms with Crippen LogP contribution in [0.25, 0.3) is 0 Å².